The van der Waals surface area contributed by atoms with Gasteiger partial charge in [-0.15, -0.1) is 0 Å². The van der Waals surface area contributed by atoms with Gasteiger partial charge >= 0.3 is 0 Å². The minimum Gasteiger partial charge on any atom is -0.379 e. The molecule has 1 aliphatic rings. The van der Waals surface area contributed by atoms with E-state index in [9.17, 15) is 4.79 Å². The predicted octanol–water partition coefficient (Wildman–Crippen LogP) is 0.00580. The number of hydrogen-bond donors (Lipinski definition) is 1. The monoisotopic (exact) mass is 172 g/mol. The molecule has 70 valence electrons. The van der Waals surface area contributed by atoms with Crippen molar-refractivity contribution in [3.63, 3.8) is 0 Å². The number of amides is 1. The fourth-order valence-electron chi connectivity index (χ4n) is 0.960. The molecule has 4 heteroatoms. The van der Waals surface area contributed by atoms with Gasteiger partial charge in [0.05, 0.1) is 13.2 Å². The van der Waals surface area contributed by atoms with Crippen LogP contribution in [-0.2, 0) is 9.53 Å². The summed E-state index contributed by atoms with van der Waals surface area (Å²) in [5.74, 6) is 0.129. The maximum Gasteiger partial charge on any atom is 0.236 e. The third kappa shape index (κ3) is 2.79. The first-order valence-corrected chi connectivity index (χ1v) is 4.33. The summed E-state index contributed by atoms with van der Waals surface area (Å²) in [4.78, 5) is 11.2. The third-order valence-corrected chi connectivity index (χ3v) is 1.80. The second-order valence-electron chi connectivity index (χ2n) is 3.23. The number of hydrazine groups is 1. The van der Waals surface area contributed by atoms with Crippen LogP contribution in [0.5, 0.6) is 0 Å². The van der Waals surface area contributed by atoms with Crippen LogP contribution in [0.1, 0.15) is 13.8 Å². The number of ether oxygens (including phenoxy) is 1. The summed E-state index contributed by atoms with van der Waals surface area (Å²) in [6.45, 7) is 6.76. The van der Waals surface area contributed by atoms with Gasteiger partial charge < -0.3 is 4.74 Å². The summed E-state index contributed by atoms with van der Waals surface area (Å²) in [6.07, 6.45) is 0. The van der Waals surface area contributed by atoms with Crippen molar-refractivity contribution < 1.29 is 9.53 Å². The van der Waals surface area contributed by atoms with Gasteiger partial charge in [-0.25, -0.2) is 5.01 Å². The number of carbonyl (C=O) groups excluding carboxylic acids is 1. The molecule has 1 N–H and O–H groups in total. The zero-order valence-corrected chi connectivity index (χ0v) is 7.67. The van der Waals surface area contributed by atoms with Crippen molar-refractivity contribution in [1.29, 1.82) is 0 Å². The molecule has 1 aliphatic heterocycles. The Balaban J connectivity index is 2.24. The van der Waals surface area contributed by atoms with E-state index in [1.165, 1.54) is 0 Å². The van der Waals surface area contributed by atoms with E-state index in [4.69, 9.17) is 4.74 Å². The maximum absolute atomic E-state index is 11.2. The van der Waals surface area contributed by atoms with Crippen molar-refractivity contribution in [2.75, 3.05) is 26.3 Å². The second-order valence-corrected chi connectivity index (χ2v) is 3.23. The molecule has 0 bridgehead atoms. The smallest absolute Gasteiger partial charge is 0.236 e. The minimum absolute atomic E-state index is 0.0489. The molecule has 1 rings (SSSR count). The van der Waals surface area contributed by atoms with Crippen LogP contribution in [0.2, 0.25) is 0 Å². The molecule has 4 nitrogen and oxygen atoms in total. The van der Waals surface area contributed by atoms with Crippen LogP contribution in [0.4, 0.5) is 0 Å². The average Bonchev–Trinajstić information content (AvgIpc) is 2.06. The van der Waals surface area contributed by atoms with Crippen molar-refractivity contribution >= 4 is 5.91 Å². The van der Waals surface area contributed by atoms with E-state index < -0.39 is 0 Å². The Labute approximate surface area is 72.8 Å². The minimum atomic E-state index is 0.0489. The Morgan fingerprint density at radius 2 is 2.00 bits per heavy atom. The Morgan fingerprint density at radius 1 is 1.42 bits per heavy atom. The van der Waals surface area contributed by atoms with Gasteiger partial charge in [-0.3, -0.25) is 10.2 Å². The van der Waals surface area contributed by atoms with Crippen LogP contribution in [0.25, 0.3) is 0 Å². The summed E-state index contributed by atoms with van der Waals surface area (Å²) in [5.41, 5.74) is 2.83. The molecule has 0 aromatic heterocycles. The van der Waals surface area contributed by atoms with E-state index >= 15 is 0 Å². The number of nitrogens with zero attached hydrogens (tertiary/aromatic N) is 1. The summed E-state index contributed by atoms with van der Waals surface area (Å²) < 4.78 is 5.15. The summed E-state index contributed by atoms with van der Waals surface area (Å²) >= 11 is 0. The zero-order valence-electron chi connectivity index (χ0n) is 7.67. The molecule has 12 heavy (non-hydrogen) atoms. The first-order chi connectivity index (χ1) is 5.70. The summed E-state index contributed by atoms with van der Waals surface area (Å²) in [7, 11) is 0. The Hall–Kier alpha value is -0.610. The van der Waals surface area contributed by atoms with Crippen molar-refractivity contribution in [1.82, 2.24) is 10.4 Å². The molecule has 0 atom stereocenters. The first kappa shape index (κ1) is 9.48. The molecule has 1 amide bonds. The van der Waals surface area contributed by atoms with E-state index in [-0.39, 0.29) is 11.8 Å². The molecule has 0 aromatic carbocycles. The summed E-state index contributed by atoms with van der Waals surface area (Å²) in [6, 6.07) is 0. The van der Waals surface area contributed by atoms with E-state index in [2.05, 4.69) is 5.43 Å². The van der Waals surface area contributed by atoms with Gasteiger partial charge in [-0.1, -0.05) is 13.8 Å². The van der Waals surface area contributed by atoms with Gasteiger partial charge in [0.2, 0.25) is 5.91 Å². The van der Waals surface area contributed by atoms with Crippen LogP contribution in [0.3, 0.4) is 0 Å². The highest BCUT2D eigenvalue weighted by atomic mass is 16.5. The zero-order chi connectivity index (χ0) is 8.97. The highest BCUT2D eigenvalue weighted by molar-refractivity contribution is 5.77. The number of morpholine rings is 1. The van der Waals surface area contributed by atoms with Crippen LogP contribution in [0, 0.1) is 5.92 Å². The lowest BCUT2D eigenvalue weighted by molar-refractivity contribution is -0.131. The maximum atomic E-state index is 11.2. The third-order valence-electron chi connectivity index (χ3n) is 1.80. The molecule has 1 heterocycles. The topological polar surface area (TPSA) is 41.6 Å². The van der Waals surface area contributed by atoms with E-state index in [1.54, 1.807) is 0 Å². The van der Waals surface area contributed by atoms with Gasteiger partial charge in [-0.05, 0) is 0 Å². The Morgan fingerprint density at radius 3 is 2.50 bits per heavy atom. The average molecular weight is 172 g/mol. The normalized spacial score (nSPS) is 19.6. The standard InChI is InChI=1S/C8H16N2O2/c1-7(2)8(11)9-10-3-5-12-6-4-10/h7H,3-6H2,1-2H3,(H,9,11). The number of hydrogen-bond acceptors (Lipinski definition) is 3. The van der Waals surface area contributed by atoms with Crippen LogP contribution < -0.4 is 5.43 Å². The Kier molecular flexibility index (Phi) is 3.49. The second kappa shape index (κ2) is 4.42. The molecule has 0 saturated carbocycles. The van der Waals surface area contributed by atoms with Gasteiger partial charge in [0.15, 0.2) is 0 Å². The largest absolute Gasteiger partial charge is 0.379 e. The van der Waals surface area contributed by atoms with Crippen LogP contribution >= 0.6 is 0 Å². The predicted molar refractivity (Wildman–Crippen MR) is 45.4 cm³/mol. The van der Waals surface area contributed by atoms with Gasteiger partial charge in [0, 0.05) is 19.0 Å². The van der Waals surface area contributed by atoms with E-state index in [0.717, 1.165) is 13.1 Å². The van der Waals surface area contributed by atoms with Gasteiger partial charge in [-0.2, -0.15) is 0 Å². The van der Waals surface area contributed by atoms with Crippen molar-refractivity contribution in [3.05, 3.63) is 0 Å². The number of nitrogens with one attached hydrogen (secondary N) is 1. The van der Waals surface area contributed by atoms with Gasteiger partial charge in [0.1, 0.15) is 0 Å². The van der Waals surface area contributed by atoms with E-state index in [1.807, 2.05) is 18.9 Å². The first-order valence-electron chi connectivity index (χ1n) is 4.33. The molecular weight excluding hydrogens is 156 g/mol. The molecule has 0 aliphatic carbocycles. The van der Waals surface area contributed by atoms with Crippen molar-refractivity contribution in [2.45, 2.75) is 13.8 Å². The lowest BCUT2D eigenvalue weighted by atomic mass is 10.2. The van der Waals surface area contributed by atoms with Crippen molar-refractivity contribution in [2.24, 2.45) is 5.92 Å². The lowest BCUT2D eigenvalue weighted by Crippen LogP contribution is -2.49. The van der Waals surface area contributed by atoms with E-state index in [0.29, 0.717) is 13.2 Å². The van der Waals surface area contributed by atoms with Gasteiger partial charge in [0.25, 0.3) is 0 Å². The highest BCUT2D eigenvalue weighted by Gasteiger charge is 2.14. The molecule has 1 fully saturated rings. The lowest BCUT2D eigenvalue weighted by Gasteiger charge is -2.27. The fraction of sp³-hybridized carbons (Fsp3) is 0.875. The molecule has 0 aromatic rings. The number of rotatable bonds is 2. The Bertz CT molecular complexity index is 153. The molecule has 1 saturated heterocycles. The highest BCUT2D eigenvalue weighted by Crippen LogP contribution is 1.96. The fourth-order valence-corrected chi connectivity index (χ4v) is 0.960. The molecule has 0 radical (unpaired) electrons. The number of carbonyl (C=O) groups is 1. The van der Waals surface area contributed by atoms with Crippen LogP contribution in [-0.4, -0.2) is 37.2 Å². The SMILES string of the molecule is CC(C)C(=O)NN1CCOCC1. The molecular formula is C8H16N2O2. The summed E-state index contributed by atoms with van der Waals surface area (Å²) in [5, 5.41) is 1.91. The van der Waals surface area contributed by atoms with Crippen molar-refractivity contribution in [3.8, 4) is 0 Å². The quantitative estimate of drug-likeness (QED) is 0.637. The molecule has 0 unspecified atom stereocenters. The molecule has 0 spiro atoms. The van der Waals surface area contributed by atoms with Crippen LogP contribution in [0.15, 0.2) is 0 Å².